The van der Waals surface area contributed by atoms with Crippen LogP contribution in [0, 0.1) is 0 Å². The molecular weight excluding hydrogens is 269 g/mol. The standard InChI is InChI=1S/C13H21F3N4/c1-4-5-6-7-20(9(2)3)11-8-10(17)18-12(19-11)13(14,15)16/h8-9H,4-7H2,1-3H3,(H2,17,18,19). The number of anilines is 2. The van der Waals surface area contributed by atoms with E-state index in [0.717, 1.165) is 19.3 Å². The van der Waals surface area contributed by atoms with Crippen molar-refractivity contribution in [1.82, 2.24) is 9.97 Å². The van der Waals surface area contributed by atoms with E-state index in [1.807, 2.05) is 18.7 Å². The molecule has 0 aliphatic carbocycles. The van der Waals surface area contributed by atoms with Gasteiger partial charge in [0.05, 0.1) is 0 Å². The summed E-state index contributed by atoms with van der Waals surface area (Å²) in [6.07, 6.45) is -1.61. The van der Waals surface area contributed by atoms with E-state index in [9.17, 15) is 13.2 Å². The maximum atomic E-state index is 12.7. The number of halogens is 3. The third-order valence-electron chi connectivity index (χ3n) is 2.91. The van der Waals surface area contributed by atoms with Gasteiger partial charge in [-0.3, -0.25) is 0 Å². The van der Waals surface area contributed by atoms with Gasteiger partial charge in [-0.1, -0.05) is 19.8 Å². The molecule has 114 valence electrons. The lowest BCUT2D eigenvalue weighted by Gasteiger charge is -2.28. The summed E-state index contributed by atoms with van der Waals surface area (Å²) in [5, 5.41) is 0. The number of unbranched alkanes of at least 4 members (excludes halogenated alkanes) is 2. The molecule has 20 heavy (non-hydrogen) atoms. The van der Waals surface area contributed by atoms with Crippen LogP contribution in [0.3, 0.4) is 0 Å². The molecule has 0 amide bonds. The molecule has 0 unspecified atom stereocenters. The molecule has 4 nitrogen and oxygen atoms in total. The summed E-state index contributed by atoms with van der Waals surface area (Å²) < 4.78 is 38.2. The predicted molar refractivity (Wildman–Crippen MR) is 73.5 cm³/mol. The highest BCUT2D eigenvalue weighted by Gasteiger charge is 2.35. The van der Waals surface area contributed by atoms with E-state index in [1.54, 1.807) is 0 Å². The molecule has 1 heterocycles. The van der Waals surface area contributed by atoms with E-state index in [-0.39, 0.29) is 17.7 Å². The first-order valence-electron chi connectivity index (χ1n) is 6.74. The number of nitrogens with two attached hydrogens (primary N) is 1. The van der Waals surface area contributed by atoms with Gasteiger partial charge >= 0.3 is 6.18 Å². The van der Waals surface area contributed by atoms with Gasteiger partial charge in [0.1, 0.15) is 11.6 Å². The monoisotopic (exact) mass is 290 g/mol. The molecule has 0 aliphatic rings. The zero-order valence-electron chi connectivity index (χ0n) is 12.0. The lowest BCUT2D eigenvalue weighted by Crippen LogP contribution is -2.33. The Balaban J connectivity index is 3.04. The van der Waals surface area contributed by atoms with Crippen LogP contribution in [0.4, 0.5) is 24.8 Å². The lowest BCUT2D eigenvalue weighted by molar-refractivity contribution is -0.144. The summed E-state index contributed by atoms with van der Waals surface area (Å²) in [5.74, 6) is -1.12. The van der Waals surface area contributed by atoms with Gasteiger partial charge in [-0.25, -0.2) is 9.97 Å². The van der Waals surface area contributed by atoms with Crippen LogP contribution in [0.5, 0.6) is 0 Å². The molecule has 0 aliphatic heterocycles. The molecule has 0 bridgehead atoms. The smallest absolute Gasteiger partial charge is 0.384 e. The molecule has 0 spiro atoms. The number of nitrogen functional groups attached to an aromatic ring is 1. The van der Waals surface area contributed by atoms with E-state index >= 15 is 0 Å². The van der Waals surface area contributed by atoms with Crippen molar-refractivity contribution in [1.29, 1.82) is 0 Å². The summed E-state index contributed by atoms with van der Waals surface area (Å²) in [6.45, 7) is 6.55. The van der Waals surface area contributed by atoms with Crippen LogP contribution in [-0.2, 0) is 6.18 Å². The fourth-order valence-electron chi connectivity index (χ4n) is 1.90. The van der Waals surface area contributed by atoms with Crippen molar-refractivity contribution in [2.24, 2.45) is 0 Å². The molecule has 1 rings (SSSR count). The molecule has 2 N–H and O–H groups in total. The van der Waals surface area contributed by atoms with Crippen molar-refractivity contribution < 1.29 is 13.2 Å². The van der Waals surface area contributed by atoms with Crippen molar-refractivity contribution >= 4 is 11.6 Å². The molecule has 0 saturated heterocycles. The minimum atomic E-state index is -4.59. The SMILES string of the molecule is CCCCCN(c1cc(N)nc(C(F)(F)F)n1)C(C)C. The molecule has 0 aromatic carbocycles. The highest BCUT2D eigenvalue weighted by atomic mass is 19.4. The first kappa shape index (κ1) is 16.5. The van der Waals surface area contributed by atoms with Crippen LogP contribution in [0.1, 0.15) is 45.9 Å². The summed E-state index contributed by atoms with van der Waals surface area (Å²) in [6, 6.07) is 1.43. The molecular formula is C13H21F3N4. The lowest BCUT2D eigenvalue weighted by atomic mass is 10.2. The number of alkyl halides is 3. The Morgan fingerprint density at radius 3 is 2.40 bits per heavy atom. The first-order valence-corrected chi connectivity index (χ1v) is 6.74. The largest absolute Gasteiger partial charge is 0.451 e. The average molecular weight is 290 g/mol. The van der Waals surface area contributed by atoms with Crippen LogP contribution < -0.4 is 10.6 Å². The number of rotatable bonds is 6. The Bertz CT molecular complexity index is 432. The topological polar surface area (TPSA) is 55.0 Å². The second kappa shape index (κ2) is 6.76. The maximum absolute atomic E-state index is 12.7. The maximum Gasteiger partial charge on any atom is 0.451 e. The third-order valence-corrected chi connectivity index (χ3v) is 2.91. The van der Waals surface area contributed by atoms with Gasteiger partial charge in [-0.05, 0) is 20.3 Å². The fraction of sp³-hybridized carbons (Fsp3) is 0.692. The Hall–Kier alpha value is -1.53. The minimum Gasteiger partial charge on any atom is -0.384 e. The number of nitrogens with zero attached hydrogens (tertiary/aromatic N) is 3. The highest BCUT2D eigenvalue weighted by Crippen LogP contribution is 2.29. The zero-order valence-corrected chi connectivity index (χ0v) is 12.0. The Kier molecular flexibility index (Phi) is 5.59. The van der Waals surface area contributed by atoms with Crippen LogP contribution in [0.2, 0.25) is 0 Å². The van der Waals surface area contributed by atoms with E-state index in [1.165, 1.54) is 6.07 Å². The zero-order chi connectivity index (χ0) is 15.3. The Morgan fingerprint density at radius 2 is 1.90 bits per heavy atom. The summed E-state index contributed by atoms with van der Waals surface area (Å²) in [7, 11) is 0. The summed E-state index contributed by atoms with van der Waals surface area (Å²) >= 11 is 0. The number of hydrogen-bond acceptors (Lipinski definition) is 4. The second-order valence-electron chi connectivity index (χ2n) is 4.97. The Labute approximate surface area is 117 Å². The van der Waals surface area contributed by atoms with Crippen molar-refractivity contribution in [3.05, 3.63) is 11.9 Å². The van der Waals surface area contributed by atoms with Crippen LogP contribution in [0.25, 0.3) is 0 Å². The molecule has 0 saturated carbocycles. The normalized spacial score (nSPS) is 11.9. The van der Waals surface area contributed by atoms with Gasteiger partial charge in [-0.2, -0.15) is 13.2 Å². The van der Waals surface area contributed by atoms with Gasteiger partial charge in [0.2, 0.25) is 5.82 Å². The minimum absolute atomic E-state index is 0.0437. The molecule has 0 atom stereocenters. The second-order valence-corrected chi connectivity index (χ2v) is 4.97. The van der Waals surface area contributed by atoms with Gasteiger partial charge in [-0.15, -0.1) is 0 Å². The van der Waals surface area contributed by atoms with E-state index in [4.69, 9.17) is 5.73 Å². The fourth-order valence-corrected chi connectivity index (χ4v) is 1.90. The quantitative estimate of drug-likeness (QED) is 0.815. The van der Waals surface area contributed by atoms with Gasteiger partial charge in [0.15, 0.2) is 0 Å². The van der Waals surface area contributed by atoms with Crippen molar-refractivity contribution in [3.63, 3.8) is 0 Å². The van der Waals surface area contributed by atoms with Crippen LogP contribution >= 0.6 is 0 Å². The summed E-state index contributed by atoms with van der Waals surface area (Å²) in [5.41, 5.74) is 5.47. The number of hydrogen-bond donors (Lipinski definition) is 1. The molecule has 1 aromatic rings. The predicted octanol–water partition coefficient (Wildman–Crippen LogP) is 3.48. The first-order chi connectivity index (χ1) is 9.25. The molecule has 1 aromatic heterocycles. The summed E-state index contributed by atoms with van der Waals surface area (Å²) in [4.78, 5) is 8.70. The molecule has 0 fully saturated rings. The van der Waals surface area contributed by atoms with Crippen molar-refractivity contribution in [3.8, 4) is 0 Å². The van der Waals surface area contributed by atoms with Gasteiger partial charge < -0.3 is 10.6 Å². The van der Waals surface area contributed by atoms with E-state index in [2.05, 4.69) is 16.9 Å². The van der Waals surface area contributed by atoms with Crippen molar-refractivity contribution in [2.45, 2.75) is 52.3 Å². The van der Waals surface area contributed by atoms with Crippen LogP contribution in [-0.4, -0.2) is 22.6 Å². The van der Waals surface area contributed by atoms with Crippen molar-refractivity contribution in [2.75, 3.05) is 17.2 Å². The van der Waals surface area contributed by atoms with Gasteiger partial charge in [0, 0.05) is 18.7 Å². The highest BCUT2D eigenvalue weighted by molar-refractivity contribution is 5.47. The number of aromatic nitrogens is 2. The van der Waals surface area contributed by atoms with Gasteiger partial charge in [0.25, 0.3) is 0 Å². The van der Waals surface area contributed by atoms with Crippen LogP contribution in [0.15, 0.2) is 6.07 Å². The van der Waals surface area contributed by atoms with E-state index < -0.39 is 12.0 Å². The third kappa shape index (κ3) is 4.54. The molecule has 0 radical (unpaired) electrons. The van der Waals surface area contributed by atoms with E-state index in [0.29, 0.717) is 6.54 Å². The average Bonchev–Trinajstić information content (AvgIpc) is 2.32. The molecule has 7 heteroatoms. The Morgan fingerprint density at radius 1 is 1.25 bits per heavy atom.